The molecule has 0 heterocycles. The van der Waals surface area contributed by atoms with Crippen LogP contribution in [0.15, 0.2) is 72.8 Å². The van der Waals surface area contributed by atoms with Gasteiger partial charge in [-0.3, -0.25) is 0 Å². The smallest absolute Gasteiger partial charge is 0.407 e. The number of para-hydroxylation sites is 1. The van der Waals surface area contributed by atoms with E-state index < -0.39 is 12.1 Å². The summed E-state index contributed by atoms with van der Waals surface area (Å²) in [4.78, 5) is 12.5. The molecule has 1 aliphatic rings. The van der Waals surface area contributed by atoms with E-state index in [9.17, 15) is 9.90 Å². The van der Waals surface area contributed by atoms with E-state index in [0.29, 0.717) is 11.3 Å². The molecule has 1 amide bonds. The Hall–Kier alpha value is -3.31. The van der Waals surface area contributed by atoms with E-state index in [1.165, 1.54) is 11.1 Å². The van der Waals surface area contributed by atoms with Gasteiger partial charge in [0.15, 0.2) is 0 Å². The van der Waals surface area contributed by atoms with Gasteiger partial charge in [0.05, 0.1) is 19.8 Å². The molecule has 0 saturated carbocycles. The second-order valence-corrected chi connectivity index (χ2v) is 6.95. The van der Waals surface area contributed by atoms with Crippen molar-refractivity contribution in [1.29, 1.82) is 0 Å². The standard InChI is InChI=1S/C24H23NO4/c1-28-23-13-7-6-12-20(23)22(14-26)25-24(27)29-15-21-18-10-4-2-8-16(18)17-9-3-5-11-19(17)21/h2-13,21-22,26H,14-15H2,1H3,(H,25,27). The average molecular weight is 389 g/mol. The molecule has 0 spiro atoms. The molecule has 29 heavy (non-hydrogen) atoms. The van der Waals surface area contributed by atoms with Gasteiger partial charge in [0, 0.05) is 11.5 Å². The first kappa shape index (κ1) is 19.0. The first-order chi connectivity index (χ1) is 14.2. The lowest BCUT2D eigenvalue weighted by Crippen LogP contribution is -2.32. The lowest BCUT2D eigenvalue weighted by molar-refractivity contribution is 0.132. The molecule has 1 atom stereocenters. The first-order valence-corrected chi connectivity index (χ1v) is 9.58. The minimum Gasteiger partial charge on any atom is -0.496 e. The van der Waals surface area contributed by atoms with Crippen LogP contribution in [0.5, 0.6) is 5.75 Å². The minimum absolute atomic E-state index is 0.00742. The monoisotopic (exact) mass is 389 g/mol. The van der Waals surface area contributed by atoms with Gasteiger partial charge in [-0.15, -0.1) is 0 Å². The van der Waals surface area contributed by atoms with E-state index in [0.717, 1.165) is 11.1 Å². The van der Waals surface area contributed by atoms with E-state index >= 15 is 0 Å². The molecule has 1 aliphatic carbocycles. The highest BCUT2D eigenvalue weighted by Gasteiger charge is 2.29. The number of aliphatic hydroxyl groups excluding tert-OH is 1. The van der Waals surface area contributed by atoms with Crippen LogP contribution >= 0.6 is 0 Å². The quantitative estimate of drug-likeness (QED) is 0.661. The lowest BCUT2D eigenvalue weighted by Gasteiger charge is -2.20. The molecule has 1 unspecified atom stereocenters. The van der Waals surface area contributed by atoms with Crippen molar-refractivity contribution in [3.63, 3.8) is 0 Å². The summed E-state index contributed by atoms with van der Waals surface area (Å²) in [5.74, 6) is 0.595. The number of amides is 1. The van der Waals surface area contributed by atoms with Gasteiger partial charge < -0.3 is 19.9 Å². The van der Waals surface area contributed by atoms with Crippen molar-refractivity contribution in [2.24, 2.45) is 0 Å². The third kappa shape index (κ3) is 3.69. The fraction of sp³-hybridized carbons (Fsp3) is 0.208. The maximum atomic E-state index is 12.5. The normalized spacial score (nSPS) is 13.3. The third-order valence-corrected chi connectivity index (χ3v) is 5.33. The molecule has 0 aromatic heterocycles. The number of methoxy groups -OCH3 is 1. The molecule has 0 radical (unpaired) electrons. The van der Waals surface area contributed by atoms with Crippen LogP contribution in [0.4, 0.5) is 4.79 Å². The summed E-state index contributed by atoms with van der Waals surface area (Å²) >= 11 is 0. The van der Waals surface area contributed by atoms with Crippen molar-refractivity contribution in [1.82, 2.24) is 5.32 Å². The van der Waals surface area contributed by atoms with Gasteiger partial charge in [0.2, 0.25) is 0 Å². The van der Waals surface area contributed by atoms with Gasteiger partial charge in [0.25, 0.3) is 0 Å². The van der Waals surface area contributed by atoms with Crippen LogP contribution in [0.3, 0.4) is 0 Å². The molecule has 2 N–H and O–H groups in total. The number of fused-ring (bicyclic) bond motifs is 3. The molecule has 3 aromatic carbocycles. The molecule has 3 aromatic rings. The van der Waals surface area contributed by atoms with Crippen molar-refractivity contribution < 1.29 is 19.4 Å². The Bertz CT molecular complexity index is 972. The lowest BCUT2D eigenvalue weighted by atomic mass is 9.98. The predicted octanol–water partition coefficient (Wildman–Crippen LogP) is 4.27. The summed E-state index contributed by atoms with van der Waals surface area (Å²) in [6.07, 6.45) is -0.572. The summed E-state index contributed by atoms with van der Waals surface area (Å²) in [6.45, 7) is -0.0332. The van der Waals surface area contributed by atoms with E-state index in [1.807, 2.05) is 42.5 Å². The molecular formula is C24H23NO4. The summed E-state index contributed by atoms with van der Waals surface area (Å²) in [5.41, 5.74) is 5.37. The number of aliphatic hydroxyl groups is 1. The second-order valence-electron chi connectivity index (χ2n) is 6.95. The Morgan fingerprint density at radius 3 is 2.17 bits per heavy atom. The van der Waals surface area contributed by atoms with Gasteiger partial charge in [0.1, 0.15) is 12.4 Å². The van der Waals surface area contributed by atoms with Crippen LogP contribution in [-0.4, -0.2) is 31.5 Å². The fourth-order valence-corrected chi connectivity index (χ4v) is 3.96. The minimum atomic E-state index is -0.609. The highest BCUT2D eigenvalue weighted by atomic mass is 16.5. The Kier molecular flexibility index (Phi) is 5.49. The van der Waals surface area contributed by atoms with Crippen molar-refractivity contribution >= 4 is 6.09 Å². The number of hydrogen-bond donors (Lipinski definition) is 2. The molecule has 4 rings (SSSR count). The van der Waals surface area contributed by atoms with Gasteiger partial charge in [-0.05, 0) is 28.3 Å². The van der Waals surface area contributed by atoms with Crippen molar-refractivity contribution in [2.75, 3.05) is 20.3 Å². The predicted molar refractivity (Wildman–Crippen MR) is 111 cm³/mol. The Balaban J connectivity index is 1.47. The largest absolute Gasteiger partial charge is 0.496 e. The maximum absolute atomic E-state index is 12.5. The Morgan fingerprint density at radius 1 is 0.966 bits per heavy atom. The number of carbonyl (C=O) groups excluding carboxylic acids is 1. The number of benzene rings is 3. The SMILES string of the molecule is COc1ccccc1C(CO)NC(=O)OCC1c2ccccc2-c2ccccc21. The molecule has 0 fully saturated rings. The molecular weight excluding hydrogens is 366 g/mol. The zero-order valence-electron chi connectivity index (χ0n) is 16.2. The van der Waals surface area contributed by atoms with Gasteiger partial charge in [-0.1, -0.05) is 66.7 Å². The summed E-state index contributed by atoms with van der Waals surface area (Å²) in [5, 5.41) is 12.5. The van der Waals surface area contributed by atoms with E-state index in [-0.39, 0.29) is 19.1 Å². The second kappa shape index (κ2) is 8.37. The zero-order chi connectivity index (χ0) is 20.2. The van der Waals surface area contributed by atoms with Crippen molar-refractivity contribution in [3.05, 3.63) is 89.5 Å². The number of alkyl carbamates (subject to hydrolysis) is 1. The number of nitrogens with one attached hydrogen (secondary N) is 1. The van der Waals surface area contributed by atoms with E-state index in [4.69, 9.17) is 9.47 Å². The third-order valence-electron chi connectivity index (χ3n) is 5.33. The van der Waals surface area contributed by atoms with E-state index in [2.05, 4.69) is 29.6 Å². The number of rotatable bonds is 6. The van der Waals surface area contributed by atoms with Crippen LogP contribution in [0.25, 0.3) is 11.1 Å². The van der Waals surface area contributed by atoms with E-state index in [1.54, 1.807) is 13.2 Å². The van der Waals surface area contributed by atoms with Crippen molar-refractivity contribution in [3.8, 4) is 16.9 Å². The first-order valence-electron chi connectivity index (χ1n) is 9.58. The van der Waals surface area contributed by atoms with Crippen LogP contribution in [-0.2, 0) is 4.74 Å². The van der Waals surface area contributed by atoms with Gasteiger partial charge in [-0.25, -0.2) is 4.79 Å². The summed E-state index contributed by atoms with van der Waals surface area (Å²) < 4.78 is 10.9. The summed E-state index contributed by atoms with van der Waals surface area (Å²) in [6, 6.07) is 23.0. The maximum Gasteiger partial charge on any atom is 0.407 e. The van der Waals surface area contributed by atoms with Crippen molar-refractivity contribution in [2.45, 2.75) is 12.0 Å². The fourth-order valence-electron chi connectivity index (χ4n) is 3.96. The molecule has 0 bridgehead atoms. The molecule has 148 valence electrons. The Labute approximate surface area is 169 Å². The van der Waals surface area contributed by atoms with Gasteiger partial charge >= 0.3 is 6.09 Å². The topological polar surface area (TPSA) is 67.8 Å². The number of carbonyl (C=O) groups is 1. The van der Waals surface area contributed by atoms with Crippen LogP contribution in [0.2, 0.25) is 0 Å². The van der Waals surface area contributed by atoms with Crippen LogP contribution in [0, 0.1) is 0 Å². The molecule has 5 heteroatoms. The van der Waals surface area contributed by atoms with Gasteiger partial charge in [-0.2, -0.15) is 0 Å². The molecule has 0 aliphatic heterocycles. The Morgan fingerprint density at radius 2 is 1.55 bits per heavy atom. The highest BCUT2D eigenvalue weighted by Crippen LogP contribution is 2.44. The van der Waals surface area contributed by atoms with Crippen LogP contribution < -0.4 is 10.1 Å². The molecule has 5 nitrogen and oxygen atoms in total. The number of ether oxygens (including phenoxy) is 2. The summed E-state index contributed by atoms with van der Waals surface area (Å²) in [7, 11) is 1.56. The van der Waals surface area contributed by atoms with Crippen LogP contribution in [0.1, 0.15) is 28.7 Å². The number of hydrogen-bond acceptors (Lipinski definition) is 4. The average Bonchev–Trinajstić information content (AvgIpc) is 3.10. The molecule has 0 saturated heterocycles. The zero-order valence-corrected chi connectivity index (χ0v) is 16.2. The highest BCUT2D eigenvalue weighted by molar-refractivity contribution is 5.79.